The van der Waals surface area contributed by atoms with Crippen molar-refractivity contribution < 1.29 is 41.4 Å². The number of halogens is 4. The number of ether oxygens (including phenoxy) is 2. The summed E-state index contributed by atoms with van der Waals surface area (Å²) in [5, 5.41) is 7.24. The van der Waals surface area contributed by atoms with Crippen molar-refractivity contribution in [3.05, 3.63) is 71.0 Å². The number of hydrogen-bond donors (Lipinski definition) is 3. The SMILES string of the molecule is CCCCC(NC(=O)OCc1ccccc1)(NC(=O)OC(C)(C)C)C(=O)NCc1ccc(F)c(C(F)(F)F)c1. The van der Waals surface area contributed by atoms with Crippen molar-refractivity contribution >= 4 is 18.1 Å². The van der Waals surface area contributed by atoms with Gasteiger partial charge in [-0.1, -0.05) is 49.7 Å². The lowest BCUT2D eigenvalue weighted by Gasteiger charge is -2.34. The van der Waals surface area contributed by atoms with Gasteiger partial charge in [0.1, 0.15) is 18.0 Å². The molecule has 2 aromatic carbocycles. The molecular formula is C27H33F4N3O5. The maximum Gasteiger partial charge on any atom is 0.419 e. The van der Waals surface area contributed by atoms with Crippen LogP contribution in [0.25, 0.3) is 0 Å². The fourth-order valence-electron chi connectivity index (χ4n) is 3.47. The Morgan fingerprint density at radius 3 is 2.13 bits per heavy atom. The van der Waals surface area contributed by atoms with Gasteiger partial charge in [0.15, 0.2) is 5.66 Å². The zero-order valence-corrected chi connectivity index (χ0v) is 22.2. The summed E-state index contributed by atoms with van der Waals surface area (Å²) in [6.45, 7) is 6.06. The van der Waals surface area contributed by atoms with Crippen LogP contribution in [0.3, 0.4) is 0 Å². The van der Waals surface area contributed by atoms with Crippen molar-refractivity contribution in [3.63, 3.8) is 0 Å². The fourth-order valence-corrected chi connectivity index (χ4v) is 3.47. The monoisotopic (exact) mass is 555 g/mol. The first-order valence-corrected chi connectivity index (χ1v) is 12.3. The van der Waals surface area contributed by atoms with Gasteiger partial charge in [0.25, 0.3) is 5.91 Å². The lowest BCUT2D eigenvalue weighted by molar-refractivity contribution is -0.140. The second-order valence-corrected chi connectivity index (χ2v) is 9.82. The van der Waals surface area contributed by atoms with Gasteiger partial charge in [-0.15, -0.1) is 0 Å². The number of amides is 3. The van der Waals surface area contributed by atoms with Crippen LogP contribution in [0.1, 0.15) is 63.6 Å². The quantitative estimate of drug-likeness (QED) is 0.254. The molecule has 8 nitrogen and oxygen atoms in total. The highest BCUT2D eigenvalue weighted by atomic mass is 19.4. The van der Waals surface area contributed by atoms with E-state index in [1.54, 1.807) is 51.1 Å². The van der Waals surface area contributed by atoms with E-state index in [1.165, 1.54) is 0 Å². The van der Waals surface area contributed by atoms with E-state index in [1.807, 2.05) is 6.92 Å². The fraction of sp³-hybridized carbons (Fsp3) is 0.444. The molecule has 0 bridgehead atoms. The Bertz CT molecular complexity index is 1140. The summed E-state index contributed by atoms with van der Waals surface area (Å²) in [7, 11) is 0. The second-order valence-electron chi connectivity index (χ2n) is 9.82. The largest absolute Gasteiger partial charge is 0.445 e. The summed E-state index contributed by atoms with van der Waals surface area (Å²) < 4.78 is 63.6. The van der Waals surface area contributed by atoms with Crippen LogP contribution in [-0.2, 0) is 33.6 Å². The number of unbranched alkanes of at least 4 members (excludes halogenated alkanes) is 1. The van der Waals surface area contributed by atoms with Crippen molar-refractivity contribution in [1.82, 2.24) is 16.0 Å². The minimum Gasteiger partial charge on any atom is -0.445 e. The van der Waals surface area contributed by atoms with Gasteiger partial charge in [0, 0.05) is 6.54 Å². The third kappa shape index (κ3) is 10.1. The number of alkyl carbamates (subject to hydrolysis) is 2. The molecule has 2 aromatic rings. The predicted octanol–water partition coefficient (Wildman–Crippen LogP) is 5.80. The molecule has 0 aliphatic heterocycles. The number of carbonyl (C=O) groups excluding carboxylic acids is 3. The third-order valence-electron chi connectivity index (χ3n) is 5.32. The summed E-state index contributed by atoms with van der Waals surface area (Å²) in [4.78, 5) is 38.9. The predicted molar refractivity (Wildman–Crippen MR) is 135 cm³/mol. The number of alkyl halides is 3. The van der Waals surface area contributed by atoms with Crippen LogP contribution in [0.5, 0.6) is 0 Å². The topological polar surface area (TPSA) is 106 Å². The number of hydrogen-bond acceptors (Lipinski definition) is 5. The molecule has 0 spiro atoms. The van der Waals surface area contributed by atoms with Gasteiger partial charge in [-0.3, -0.25) is 15.4 Å². The van der Waals surface area contributed by atoms with Crippen LogP contribution in [0.4, 0.5) is 27.2 Å². The average molecular weight is 556 g/mol. The molecule has 0 aromatic heterocycles. The molecule has 0 saturated heterocycles. The first-order valence-electron chi connectivity index (χ1n) is 12.3. The van der Waals surface area contributed by atoms with Gasteiger partial charge in [0.05, 0.1) is 5.56 Å². The van der Waals surface area contributed by atoms with Gasteiger partial charge in [0.2, 0.25) is 0 Å². The van der Waals surface area contributed by atoms with Crippen LogP contribution in [0.15, 0.2) is 48.5 Å². The molecule has 0 saturated carbocycles. The summed E-state index contributed by atoms with van der Waals surface area (Å²) in [5.74, 6) is -2.39. The van der Waals surface area contributed by atoms with E-state index in [9.17, 15) is 31.9 Å². The third-order valence-corrected chi connectivity index (χ3v) is 5.32. The molecule has 2 rings (SSSR count). The summed E-state index contributed by atoms with van der Waals surface area (Å²) in [5.41, 5.74) is -3.87. The van der Waals surface area contributed by atoms with Crippen LogP contribution in [-0.4, -0.2) is 29.4 Å². The highest BCUT2D eigenvalue weighted by Gasteiger charge is 2.43. The van der Waals surface area contributed by atoms with E-state index in [-0.39, 0.29) is 18.6 Å². The normalized spacial score (nSPS) is 13.1. The molecule has 0 fully saturated rings. The molecule has 0 heterocycles. The van der Waals surface area contributed by atoms with E-state index in [2.05, 4.69) is 16.0 Å². The Hall–Kier alpha value is -3.83. The van der Waals surface area contributed by atoms with Crippen LogP contribution in [0, 0.1) is 5.82 Å². The van der Waals surface area contributed by atoms with E-state index in [0.29, 0.717) is 30.5 Å². The van der Waals surface area contributed by atoms with Crippen LogP contribution < -0.4 is 16.0 Å². The van der Waals surface area contributed by atoms with E-state index in [4.69, 9.17) is 9.47 Å². The van der Waals surface area contributed by atoms with Crippen LogP contribution in [0.2, 0.25) is 0 Å². The van der Waals surface area contributed by atoms with E-state index < -0.39 is 53.5 Å². The number of carbonyl (C=O) groups is 3. The standard InChI is InChI=1S/C27H33F4N3O5/c1-5-6-14-26(34-24(37)39-25(2,3)4,33-23(36)38-17-18-10-8-7-9-11-18)22(35)32-16-19-12-13-21(28)20(15-19)27(29,30)31/h7-13,15H,5-6,14,16-17H2,1-4H3,(H,32,35)(H,33,36)(H,34,37). The van der Waals surface area contributed by atoms with Crippen molar-refractivity contribution in [3.8, 4) is 0 Å². The zero-order valence-electron chi connectivity index (χ0n) is 22.2. The first-order chi connectivity index (χ1) is 18.1. The number of nitrogens with one attached hydrogen (secondary N) is 3. The van der Waals surface area contributed by atoms with Gasteiger partial charge < -0.3 is 14.8 Å². The molecule has 1 unspecified atom stereocenters. The molecule has 214 valence electrons. The van der Waals surface area contributed by atoms with Crippen molar-refractivity contribution in [2.45, 2.75) is 77.5 Å². The molecule has 0 aliphatic rings. The minimum absolute atomic E-state index is 0.0506. The molecule has 0 aliphatic carbocycles. The van der Waals surface area contributed by atoms with Gasteiger partial charge in [-0.25, -0.2) is 14.0 Å². The van der Waals surface area contributed by atoms with E-state index >= 15 is 0 Å². The summed E-state index contributed by atoms with van der Waals surface area (Å²) in [6, 6.07) is 11.0. The lowest BCUT2D eigenvalue weighted by Crippen LogP contribution is -2.68. The Kier molecular flexibility index (Phi) is 10.7. The Morgan fingerprint density at radius 2 is 1.54 bits per heavy atom. The van der Waals surface area contributed by atoms with Gasteiger partial charge >= 0.3 is 18.4 Å². The summed E-state index contributed by atoms with van der Waals surface area (Å²) >= 11 is 0. The molecular weight excluding hydrogens is 522 g/mol. The Morgan fingerprint density at radius 1 is 0.897 bits per heavy atom. The Labute approximate surface area is 224 Å². The Balaban J connectivity index is 2.31. The number of rotatable bonds is 10. The smallest absolute Gasteiger partial charge is 0.419 e. The lowest BCUT2D eigenvalue weighted by atomic mass is 10.0. The first kappa shape index (κ1) is 31.4. The molecule has 3 amide bonds. The molecule has 0 radical (unpaired) electrons. The van der Waals surface area contributed by atoms with E-state index in [0.717, 1.165) is 6.07 Å². The average Bonchev–Trinajstić information content (AvgIpc) is 2.84. The van der Waals surface area contributed by atoms with Gasteiger partial charge in [-0.2, -0.15) is 13.2 Å². The highest BCUT2D eigenvalue weighted by Crippen LogP contribution is 2.32. The minimum atomic E-state index is -4.93. The molecule has 3 N–H and O–H groups in total. The van der Waals surface area contributed by atoms with Crippen molar-refractivity contribution in [1.29, 1.82) is 0 Å². The maximum atomic E-state index is 13.7. The second kappa shape index (κ2) is 13.3. The molecule has 12 heteroatoms. The molecule has 1 atom stereocenters. The zero-order chi connectivity index (χ0) is 29.3. The van der Waals surface area contributed by atoms with Crippen molar-refractivity contribution in [2.24, 2.45) is 0 Å². The van der Waals surface area contributed by atoms with Crippen molar-refractivity contribution in [2.75, 3.05) is 0 Å². The maximum absolute atomic E-state index is 13.7. The highest BCUT2D eigenvalue weighted by molar-refractivity contribution is 5.92. The van der Waals surface area contributed by atoms with Crippen LogP contribution >= 0.6 is 0 Å². The number of benzene rings is 2. The summed E-state index contributed by atoms with van der Waals surface area (Å²) in [6.07, 6.45) is -6.14. The van der Waals surface area contributed by atoms with Gasteiger partial charge in [-0.05, 0) is 56.9 Å². The molecule has 39 heavy (non-hydrogen) atoms.